The molecule has 0 aliphatic heterocycles. The smallest absolute Gasteiger partial charge is 0.275 e. The number of aryl methyl sites for hydroxylation is 2. The number of nitro groups is 1. The lowest BCUT2D eigenvalue weighted by molar-refractivity contribution is -0.384. The zero-order valence-corrected chi connectivity index (χ0v) is 14.7. The monoisotopic (exact) mass is 367 g/mol. The van der Waals surface area contributed by atoms with Gasteiger partial charge in [0.1, 0.15) is 0 Å². The van der Waals surface area contributed by atoms with Gasteiger partial charge >= 0.3 is 0 Å². The van der Waals surface area contributed by atoms with E-state index in [1.807, 2.05) is 6.92 Å². The van der Waals surface area contributed by atoms with E-state index in [1.54, 1.807) is 47.0 Å². The molecule has 1 N–H and O–H groups in total. The second-order valence-electron chi connectivity index (χ2n) is 5.86. The van der Waals surface area contributed by atoms with E-state index in [2.05, 4.69) is 20.7 Å². The van der Waals surface area contributed by atoms with Crippen molar-refractivity contribution in [1.29, 1.82) is 0 Å². The molecule has 0 atom stereocenters. The van der Waals surface area contributed by atoms with Gasteiger partial charge in [-0.1, -0.05) is 12.1 Å². The zero-order chi connectivity index (χ0) is 19.4. The first-order valence-corrected chi connectivity index (χ1v) is 8.03. The molecular formula is C17H17N7O3. The first kappa shape index (κ1) is 18.0. The van der Waals surface area contributed by atoms with E-state index in [-0.39, 0.29) is 11.4 Å². The molecule has 1 aromatic carbocycles. The van der Waals surface area contributed by atoms with Crippen LogP contribution in [0.3, 0.4) is 0 Å². The van der Waals surface area contributed by atoms with Crippen molar-refractivity contribution >= 4 is 17.8 Å². The molecule has 0 radical (unpaired) electrons. The molecular weight excluding hydrogens is 350 g/mol. The Hall–Kier alpha value is -3.82. The Morgan fingerprint density at radius 1 is 1.30 bits per heavy atom. The van der Waals surface area contributed by atoms with Gasteiger partial charge in [-0.2, -0.15) is 15.3 Å². The van der Waals surface area contributed by atoms with Crippen LogP contribution in [0, 0.1) is 17.0 Å². The molecule has 27 heavy (non-hydrogen) atoms. The molecule has 138 valence electrons. The predicted molar refractivity (Wildman–Crippen MR) is 97.4 cm³/mol. The molecule has 0 aliphatic rings. The number of hydrogen-bond acceptors (Lipinski definition) is 6. The maximum absolute atomic E-state index is 12.1. The van der Waals surface area contributed by atoms with Crippen molar-refractivity contribution in [2.45, 2.75) is 13.5 Å². The highest BCUT2D eigenvalue weighted by atomic mass is 16.6. The molecule has 0 bridgehead atoms. The highest BCUT2D eigenvalue weighted by Gasteiger charge is 2.10. The Morgan fingerprint density at radius 3 is 2.67 bits per heavy atom. The molecule has 0 saturated carbocycles. The molecule has 0 unspecified atom stereocenters. The molecule has 3 rings (SSSR count). The van der Waals surface area contributed by atoms with Gasteiger partial charge < -0.3 is 0 Å². The standard InChI is InChI=1S/C17H17N7O3/c1-12-14(11-22(2)20-12)9-18-19-17(25)16-7-8-23(21-16)10-13-3-5-15(6-4-13)24(26)27/h3-9,11H,10H2,1-2H3,(H,19,25). The summed E-state index contributed by atoms with van der Waals surface area (Å²) < 4.78 is 3.24. The van der Waals surface area contributed by atoms with Crippen LogP contribution in [0.5, 0.6) is 0 Å². The number of nitrogens with one attached hydrogen (secondary N) is 1. The van der Waals surface area contributed by atoms with Gasteiger partial charge in [-0.05, 0) is 18.6 Å². The van der Waals surface area contributed by atoms with Crippen molar-refractivity contribution in [3.05, 3.63) is 75.4 Å². The maximum Gasteiger partial charge on any atom is 0.291 e. The van der Waals surface area contributed by atoms with Crippen LogP contribution >= 0.6 is 0 Å². The fourth-order valence-electron chi connectivity index (χ4n) is 2.44. The summed E-state index contributed by atoms with van der Waals surface area (Å²) in [6.07, 6.45) is 4.98. The summed E-state index contributed by atoms with van der Waals surface area (Å²) in [6, 6.07) is 7.74. The summed E-state index contributed by atoms with van der Waals surface area (Å²) in [5.41, 5.74) is 5.12. The van der Waals surface area contributed by atoms with Crippen LogP contribution in [-0.4, -0.2) is 36.6 Å². The van der Waals surface area contributed by atoms with Crippen molar-refractivity contribution < 1.29 is 9.72 Å². The minimum atomic E-state index is -0.451. The van der Waals surface area contributed by atoms with Crippen LogP contribution in [0.4, 0.5) is 5.69 Å². The predicted octanol–water partition coefficient (Wildman–Crippen LogP) is 1.65. The molecule has 2 heterocycles. The molecule has 0 saturated heterocycles. The molecule has 0 spiro atoms. The van der Waals surface area contributed by atoms with Crippen LogP contribution in [0.1, 0.15) is 27.3 Å². The van der Waals surface area contributed by atoms with Gasteiger partial charge in [-0.15, -0.1) is 0 Å². The van der Waals surface area contributed by atoms with Gasteiger partial charge in [0.25, 0.3) is 11.6 Å². The van der Waals surface area contributed by atoms with E-state index in [1.165, 1.54) is 18.3 Å². The summed E-state index contributed by atoms with van der Waals surface area (Å²) in [4.78, 5) is 22.3. The Bertz CT molecular complexity index is 1000. The number of non-ortho nitro benzene ring substituents is 1. The first-order valence-electron chi connectivity index (χ1n) is 8.03. The lowest BCUT2D eigenvalue weighted by Crippen LogP contribution is -2.18. The van der Waals surface area contributed by atoms with Gasteiger partial charge in [0.2, 0.25) is 0 Å². The van der Waals surface area contributed by atoms with Gasteiger partial charge in [-0.25, -0.2) is 5.43 Å². The number of nitrogens with zero attached hydrogens (tertiary/aromatic N) is 6. The second kappa shape index (κ2) is 7.60. The fourth-order valence-corrected chi connectivity index (χ4v) is 2.44. The number of aromatic nitrogens is 4. The highest BCUT2D eigenvalue weighted by Crippen LogP contribution is 2.12. The summed E-state index contributed by atoms with van der Waals surface area (Å²) in [5, 5.41) is 23.0. The first-order chi connectivity index (χ1) is 12.9. The third-order valence-electron chi connectivity index (χ3n) is 3.79. The SMILES string of the molecule is Cc1nn(C)cc1C=NNC(=O)c1ccn(Cc2ccc([N+](=O)[O-])cc2)n1. The summed E-state index contributed by atoms with van der Waals surface area (Å²) >= 11 is 0. The van der Waals surface area contributed by atoms with E-state index in [9.17, 15) is 14.9 Å². The number of nitro benzene ring substituents is 1. The van der Waals surface area contributed by atoms with Crippen LogP contribution < -0.4 is 5.43 Å². The molecule has 0 aliphatic carbocycles. The summed E-state index contributed by atoms with van der Waals surface area (Å²) in [5.74, 6) is -0.435. The van der Waals surface area contributed by atoms with Crippen molar-refractivity contribution in [2.75, 3.05) is 0 Å². The normalized spacial score (nSPS) is 11.0. The molecule has 0 fully saturated rings. The van der Waals surface area contributed by atoms with Gasteiger partial charge in [0.15, 0.2) is 5.69 Å². The fraction of sp³-hybridized carbons (Fsp3) is 0.176. The Labute approximate surface area is 154 Å². The number of carbonyl (C=O) groups excluding carboxylic acids is 1. The summed E-state index contributed by atoms with van der Waals surface area (Å²) in [6.45, 7) is 2.24. The highest BCUT2D eigenvalue weighted by molar-refractivity contribution is 5.93. The van der Waals surface area contributed by atoms with E-state index in [0.29, 0.717) is 6.54 Å². The van der Waals surface area contributed by atoms with E-state index in [0.717, 1.165) is 16.8 Å². The van der Waals surface area contributed by atoms with Crippen molar-refractivity contribution in [2.24, 2.45) is 12.1 Å². The van der Waals surface area contributed by atoms with E-state index in [4.69, 9.17) is 0 Å². The van der Waals surface area contributed by atoms with Gasteiger partial charge in [0, 0.05) is 37.1 Å². The van der Waals surface area contributed by atoms with Crippen LogP contribution in [-0.2, 0) is 13.6 Å². The van der Waals surface area contributed by atoms with E-state index < -0.39 is 10.8 Å². The minimum Gasteiger partial charge on any atom is -0.275 e. The topological polar surface area (TPSA) is 120 Å². The molecule has 3 aromatic rings. The molecule has 10 nitrogen and oxygen atoms in total. The van der Waals surface area contributed by atoms with Gasteiger partial charge in [0.05, 0.1) is 23.4 Å². The van der Waals surface area contributed by atoms with E-state index >= 15 is 0 Å². The van der Waals surface area contributed by atoms with Crippen molar-refractivity contribution in [3.63, 3.8) is 0 Å². The molecule has 2 aromatic heterocycles. The average molecular weight is 367 g/mol. The number of hydrogen-bond donors (Lipinski definition) is 1. The number of rotatable bonds is 6. The maximum atomic E-state index is 12.1. The minimum absolute atomic E-state index is 0.0287. The largest absolute Gasteiger partial charge is 0.291 e. The zero-order valence-electron chi connectivity index (χ0n) is 14.7. The third-order valence-corrected chi connectivity index (χ3v) is 3.79. The van der Waals surface area contributed by atoms with Crippen molar-refractivity contribution in [1.82, 2.24) is 25.0 Å². The lowest BCUT2D eigenvalue weighted by atomic mass is 10.2. The van der Waals surface area contributed by atoms with Crippen LogP contribution in [0.25, 0.3) is 0 Å². The van der Waals surface area contributed by atoms with Crippen molar-refractivity contribution in [3.8, 4) is 0 Å². The third kappa shape index (κ3) is 4.42. The number of benzene rings is 1. The number of carbonyl (C=O) groups is 1. The Balaban J connectivity index is 1.60. The average Bonchev–Trinajstić information content (AvgIpc) is 3.21. The number of hydrazone groups is 1. The second-order valence-corrected chi connectivity index (χ2v) is 5.86. The Kier molecular flexibility index (Phi) is 5.06. The molecule has 10 heteroatoms. The van der Waals surface area contributed by atoms with Crippen LogP contribution in [0.2, 0.25) is 0 Å². The quantitative estimate of drug-likeness (QED) is 0.403. The van der Waals surface area contributed by atoms with Crippen LogP contribution in [0.15, 0.2) is 47.8 Å². The molecule has 1 amide bonds. The number of amides is 1. The lowest BCUT2D eigenvalue weighted by Gasteiger charge is -2.01. The Morgan fingerprint density at radius 2 is 2.04 bits per heavy atom. The summed E-state index contributed by atoms with van der Waals surface area (Å²) in [7, 11) is 1.81. The van der Waals surface area contributed by atoms with Gasteiger partial charge in [-0.3, -0.25) is 24.3 Å².